The fraction of sp³-hybridized carbons (Fsp3) is 0.944. The van der Waals surface area contributed by atoms with E-state index in [-0.39, 0.29) is 12.1 Å². The molecule has 2 N–H and O–H groups in total. The van der Waals surface area contributed by atoms with Crippen LogP contribution in [0.4, 0.5) is 4.79 Å². The van der Waals surface area contributed by atoms with Crippen molar-refractivity contribution in [1.29, 1.82) is 0 Å². The van der Waals surface area contributed by atoms with E-state index < -0.39 is 0 Å². The van der Waals surface area contributed by atoms with Crippen LogP contribution in [0.15, 0.2) is 0 Å². The zero-order chi connectivity index (χ0) is 15.9. The van der Waals surface area contributed by atoms with Crippen molar-refractivity contribution in [3.8, 4) is 0 Å². The van der Waals surface area contributed by atoms with Gasteiger partial charge in [-0.1, -0.05) is 25.7 Å². The van der Waals surface area contributed by atoms with Crippen LogP contribution in [0.2, 0.25) is 0 Å². The molecule has 2 saturated carbocycles. The predicted octanol–water partition coefficient (Wildman–Crippen LogP) is 2.98. The second-order valence-electron chi connectivity index (χ2n) is 7.35. The van der Waals surface area contributed by atoms with Crippen molar-refractivity contribution in [1.82, 2.24) is 10.6 Å². The molecule has 3 aliphatic rings. The van der Waals surface area contributed by atoms with Gasteiger partial charge in [-0.3, -0.25) is 0 Å². The van der Waals surface area contributed by atoms with Crippen molar-refractivity contribution in [2.75, 3.05) is 19.8 Å². The van der Waals surface area contributed by atoms with Gasteiger partial charge in [-0.2, -0.15) is 0 Å². The minimum absolute atomic E-state index is 0.0593. The van der Waals surface area contributed by atoms with Crippen LogP contribution in [-0.4, -0.2) is 44.0 Å². The molecule has 0 aromatic carbocycles. The van der Waals surface area contributed by atoms with Crippen molar-refractivity contribution < 1.29 is 14.3 Å². The first-order valence-electron chi connectivity index (χ1n) is 9.59. The van der Waals surface area contributed by atoms with Crippen LogP contribution in [0.25, 0.3) is 0 Å². The summed E-state index contributed by atoms with van der Waals surface area (Å²) < 4.78 is 11.7. The number of nitrogens with one attached hydrogen (secondary N) is 2. The molecule has 0 radical (unpaired) electrons. The second-order valence-corrected chi connectivity index (χ2v) is 7.35. The van der Waals surface area contributed by atoms with Crippen LogP contribution >= 0.6 is 0 Å². The Labute approximate surface area is 139 Å². The topological polar surface area (TPSA) is 59.6 Å². The van der Waals surface area contributed by atoms with E-state index in [4.69, 9.17) is 9.47 Å². The molecule has 2 aliphatic carbocycles. The van der Waals surface area contributed by atoms with E-state index in [1.165, 1.54) is 51.4 Å². The fourth-order valence-electron chi connectivity index (χ4n) is 3.79. The molecule has 5 heteroatoms. The summed E-state index contributed by atoms with van der Waals surface area (Å²) in [5, 5.41) is 6.02. The van der Waals surface area contributed by atoms with E-state index in [9.17, 15) is 4.79 Å². The number of carbonyl (C=O) groups excluding carboxylic acids is 1. The lowest BCUT2D eigenvalue weighted by atomic mass is 10.0. The maximum atomic E-state index is 12.0. The quantitative estimate of drug-likeness (QED) is 0.583. The molecular weight excluding hydrogens is 292 g/mol. The average molecular weight is 324 g/mol. The lowest BCUT2D eigenvalue weighted by Crippen LogP contribution is -2.47. The third-order valence-electron chi connectivity index (χ3n) is 5.34. The number of hydrogen-bond acceptors (Lipinski definition) is 3. The third kappa shape index (κ3) is 5.96. The van der Waals surface area contributed by atoms with E-state index in [1.54, 1.807) is 0 Å². The standard InChI is InChI=1S/C18H32N2O3/c21-18(19-10-12-22-16-5-3-1-2-4-6-16)20-15-9-11-23-17(13-15)14-7-8-14/h14-17H,1-13H2,(H2,19,20,21). The lowest BCUT2D eigenvalue weighted by molar-refractivity contribution is -0.00923. The fourth-order valence-corrected chi connectivity index (χ4v) is 3.79. The first kappa shape index (κ1) is 17.0. The highest BCUT2D eigenvalue weighted by molar-refractivity contribution is 5.74. The Morgan fingerprint density at radius 3 is 2.57 bits per heavy atom. The summed E-state index contributed by atoms with van der Waals surface area (Å²) in [5.41, 5.74) is 0. The molecule has 132 valence electrons. The van der Waals surface area contributed by atoms with Crippen LogP contribution in [0.3, 0.4) is 0 Å². The van der Waals surface area contributed by atoms with Gasteiger partial charge in [0.15, 0.2) is 0 Å². The molecular formula is C18H32N2O3. The molecule has 0 spiro atoms. The molecule has 2 atom stereocenters. The number of urea groups is 1. The number of carbonyl (C=O) groups is 1. The highest BCUT2D eigenvalue weighted by atomic mass is 16.5. The molecule has 1 saturated heterocycles. The van der Waals surface area contributed by atoms with Gasteiger partial charge in [-0.25, -0.2) is 4.79 Å². The smallest absolute Gasteiger partial charge is 0.315 e. The van der Waals surface area contributed by atoms with Crippen LogP contribution in [0, 0.1) is 5.92 Å². The van der Waals surface area contributed by atoms with E-state index in [0.717, 1.165) is 25.4 Å². The van der Waals surface area contributed by atoms with E-state index in [1.807, 2.05) is 0 Å². The van der Waals surface area contributed by atoms with Crippen LogP contribution in [-0.2, 0) is 9.47 Å². The van der Waals surface area contributed by atoms with Gasteiger partial charge < -0.3 is 20.1 Å². The molecule has 2 unspecified atom stereocenters. The van der Waals surface area contributed by atoms with Gasteiger partial charge in [0, 0.05) is 19.2 Å². The normalized spacial score (nSPS) is 29.7. The Kier molecular flexibility index (Phi) is 6.57. The second kappa shape index (κ2) is 8.88. The van der Waals surface area contributed by atoms with Crippen molar-refractivity contribution in [2.45, 2.75) is 82.5 Å². The molecule has 5 nitrogen and oxygen atoms in total. The summed E-state index contributed by atoms with van der Waals surface area (Å²) in [6.45, 7) is 1.99. The van der Waals surface area contributed by atoms with E-state index in [2.05, 4.69) is 10.6 Å². The minimum Gasteiger partial charge on any atom is -0.378 e. The Hall–Kier alpha value is -0.810. The largest absolute Gasteiger partial charge is 0.378 e. The molecule has 3 fully saturated rings. The van der Waals surface area contributed by atoms with Crippen molar-refractivity contribution >= 4 is 6.03 Å². The van der Waals surface area contributed by atoms with Crippen LogP contribution < -0.4 is 10.6 Å². The van der Waals surface area contributed by atoms with E-state index in [0.29, 0.717) is 25.4 Å². The molecule has 0 bridgehead atoms. The number of ether oxygens (including phenoxy) is 2. The zero-order valence-corrected chi connectivity index (χ0v) is 14.2. The molecule has 0 aromatic rings. The average Bonchev–Trinajstić information content (AvgIpc) is 3.39. The van der Waals surface area contributed by atoms with Gasteiger partial charge in [0.25, 0.3) is 0 Å². The molecule has 2 amide bonds. The maximum Gasteiger partial charge on any atom is 0.315 e. The lowest BCUT2D eigenvalue weighted by Gasteiger charge is -2.30. The third-order valence-corrected chi connectivity index (χ3v) is 5.34. The Morgan fingerprint density at radius 2 is 1.83 bits per heavy atom. The number of hydrogen-bond donors (Lipinski definition) is 2. The summed E-state index contributed by atoms with van der Waals surface area (Å²) in [4.78, 5) is 12.0. The van der Waals surface area contributed by atoms with Crippen LogP contribution in [0.1, 0.15) is 64.2 Å². The van der Waals surface area contributed by atoms with Crippen LogP contribution in [0.5, 0.6) is 0 Å². The van der Waals surface area contributed by atoms with Gasteiger partial charge in [-0.15, -0.1) is 0 Å². The first-order chi connectivity index (χ1) is 11.3. The zero-order valence-electron chi connectivity index (χ0n) is 14.2. The van der Waals surface area contributed by atoms with Gasteiger partial charge >= 0.3 is 6.03 Å². The molecule has 1 heterocycles. The van der Waals surface area contributed by atoms with Gasteiger partial charge in [-0.05, 0) is 44.4 Å². The summed E-state index contributed by atoms with van der Waals surface area (Å²) in [6, 6.07) is 0.202. The maximum absolute atomic E-state index is 12.0. The monoisotopic (exact) mass is 324 g/mol. The molecule has 1 aliphatic heterocycles. The summed E-state index contributed by atoms with van der Waals surface area (Å²) >= 11 is 0. The Balaban J connectivity index is 1.25. The minimum atomic E-state index is -0.0593. The number of rotatable bonds is 6. The Bertz CT molecular complexity index is 365. The number of amides is 2. The first-order valence-corrected chi connectivity index (χ1v) is 9.59. The highest BCUT2D eigenvalue weighted by Crippen LogP contribution is 2.38. The predicted molar refractivity (Wildman–Crippen MR) is 89.5 cm³/mol. The van der Waals surface area contributed by atoms with Gasteiger partial charge in [0.2, 0.25) is 0 Å². The van der Waals surface area contributed by atoms with Crippen molar-refractivity contribution in [3.63, 3.8) is 0 Å². The van der Waals surface area contributed by atoms with Crippen molar-refractivity contribution in [2.24, 2.45) is 5.92 Å². The summed E-state index contributed by atoms with van der Waals surface area (Å²) in [7, 11) is 0. The summed E-state index contributed by atoms with van der Waals surface area (Å²) in [6.07, 6.45) is 12.9. The Morgan fingerprint density at radius 1 is 1.04 bits per heavy atom. The SMILES string of the molecule is O=C(NCCOC1CCCCCC1)NC1CCOC(C2CC2)C1. The van der Waals surface area contributed by atoms with E-state index >= 15 is 0 Å². The molecule has 3 rings (SSSR count). The highest BCUT2D eigenvalue weighted by Gasteiger charge is 2.36. The summed E-state index contributed by atoms with van der Waals surface area (Å²) in [5.74, 6) is 0.746. The van der Waals surface area contributed by atoms with Gasteiger partial charge in [0.1, 0.15) is 0 Å². The van der Waals surface area contributed by atoms with Gasteiger partial charge in [0.05, 0.1) is 18.8 Å². The molecule has 0 aromatic heterocycles. The van der Waals surface area contributed by atoms with Crippen molar-refractivity contribution in [3.05, 3.63) is 0 Å². The molecule has 23 heavy (non-hydrogen) atoms.